The lowest BCUT2D eigenvalue weighted by molar-refractivity contribution is 0.466. The molecule has 0 N–H and O–H groups in total. The van der Waals surface area contributed by atoms with Crippen LogP contribution in [0, 0.1) is 0 Å². The van der Waals surface area contributed by atoms with Gasteiger partial charge in [-0.2, -0.15) is 0 Å². The molecule has 0 aliphatic heterocycles. The molecule has 0 heterocycles. The number of halogens is 5. The van der Waals surface area contributed by atoms with Crippen LogP contribution in [0.25, 0.3) is 0 Å². The second-order valence-electron chi connectivity index (χ2n) is 1.20. The summed E-state index contributed by atoms with van der Waals surface area (Å²) in [5.74, 6) is 0. The fraction of sp³-hybridized carbons (Fsp3) is 1.00. The lowest BCUT2D eigenvalue weighted by Crippen LogP contribution is -2.23. The van der Waals surface area contributed by atoms with Gasteiger partial charge in [0.2, 0.25) is 0 Å². The minimum atomic E-state index is -1.65. The maximum absolute atomic E-state index is 11.6. The summed E-state index contributed by atoms with van der Waals surface area (Å²) in [6.45, 7) is -0.951. The first kappa shape index (κ1) is 9.09. The zero-order chi connectivity index (χ0) is 6.78. The quantitative estimate of drug-likeness (QED) is 0.601. The smallest absolute Gasteiger partial charge is 0.176 e. The third kappa shape index (κ3) is 2.58. The van der Waals surface area contributed by atoms with Gasteiger partial charge in [0, 0.05) is 0 Å². The summed E-state index contributed by atoms with van der Waals surface area (Å²) < 4.78 is 9.94. The summed E-state index contributed by atoms with van der Waals surface area (Å²) in [7, 11) is 0. The standard InChI is InChI=1S/C3H3Cl4F/c4-2(5)3(6,7)1-8/h2H,1H2. The van der Waals surface area contributed by atoms with E-state index in [1.165, 1.54) is 0 Å². The Morgan fingerprint density at radius 2 is 1.75 bits per heavy atom. The number of hydrogen-bond donors (Lipinski definition) is 0. The Morgan fingerprint density at radius 1 is 1.38 bits per heavy atom. The molecule has 0 aliphatic rings. The summed E-state index contributed by atoms with van der Waals surface area (Å²) in [5, 5.41) is 0. The van der Waals surface area contributed by atoms with E-state index in [-0.39, 0.29) is 0 Å². The van der Waals surface area contributed by atoms with Gasteiger partial charge in [-0.15, -0.1) is 23.2 Å². The van der Waals surface area contributed by atoms with Crippen LogP contribution in [0.15, 0.2) is 0 Å². The molecule has 0 aromatic heterocycles. The van der Waals surface area contributed by atoms with Gasteiger partial charge < -0.3 is 0 Å². The van der Waals surface area contributed by atoms with Crippen molar-refractivity contribution < 1.29 is 4.39 Å². The number of alkyl halides is 5. The molecule has 0 atom stereocenters. The number of hydrogen-bond acceptors (Lipinski definition) is 0. The second kappa shape index (κ2) is 3.31. The Hall–Kier alpha value is 1.09. The van der Waals surface area contributed by atoms with Crippen molar-refractivity contribution in [3.05, 3.63) is 0 Å². The third-order valence-corrected chi connectivity index (χ3v) is 2.33. The Kier molecular flexibility index (Phi) is 3.76. The average molecular weight is 200 g/mol. The summed E-state index contributed by atoms with van der Waals surface area (Å²) in [6.07, 6.45) is 0. The molecule has 8 heavy (non-hydrogen) atoms. The summed E-state index contributed by atoms with van der Waals surface area (Å²) >= 11 is 20.6. The van der Waals surface area contributed by atoms with Crippen LogP contribution in [0.4, 0.5) is 4.39 Å². The van der Waals surface area contributed by atoms with E-state index in [1.807, 2.05) is 0 Å². The minimum Gasteiger partial charge on any atom is -0.248 e. The van der Waals surface area contributed by atoms with Gasteiger partial charge in [0.15, 0.2) is 4.33 Å². The average Bonchev–Trinajstić information content (AvgIpc) is 1.67. The maximum atomic E-state index is 11.6. The van der Waals surface area contributed by atoms with Gasteiger partial charge in [-0.1, -0.05) is 23.2 Å². The summed E-state index contributed by atoms with van der Waals surface area (Å²) in [4.78, 5) is -1.09. The molecule has 50 valence electrons. The van der Waals surface area contributed by atoms with Crippen molar-refractivity contribution in [2.24, 2.45) is 0 Å². The van der Waals surface area contributed by atoms with Crippen molar-refractivity contribution in [2.45, 2.75) is 9.17 Å². The van der Waals surface area contributed by atoms with Gasteiger partial charge in [-0.3, -0.25) is 0 Å². The highest BCUT2D eigenvalue weighted by atomic mass is 35.5. The SMILES string of the molecule is FCC(Cl)(Cl)C(Cl)Cl. The van der Waals surface area contributed by atoms with Crippen molar-refractivity contribution in [1.29, 1.82) is 0 Å². The van der Waals surface area contributed by atoms with E-state index >= 15 is 0 Å². The Labute approximate surface area is 66.8 Å². The molecular formula is C3H3Cl4F. The van der Waals surface area contributed by atoms with E-state index in [0.29, 0.717) is 0 Å². The fourth-order valence-electron chi connectivity index (χ4n) is 0.0583. The minimum absolute atomic E-state index is 0.951. The predicted octanol–water partition coefficient (Wildman–Crippen LogP) is 2.93. The lowest BCUT2D eigenvalue weighted by Gasteiger charge is -2.14. The molecule has 0 unspecified atom stereocenters. The molecule has 0 aliphatic carbocycles. The Balaban J connectivity index is 3.71. The van der Waals surface area contributed by atoms with Crippen LogP contribution in [-0.2, 0) is 0 Å². The number of rotatable bonds is 2. The van der Waals surface area contributed by atoms with E-state index in [1.54, 1.807) is 0 Å². The molecule has 0 rings (SSSR count). The topological polar surface area (TPSA) is 0 Å². The van der Waals surface area contributed by atoms with Crippen LogP contribution in [0.1, 0.15) is 0 Å². The Morgan fingerprint density at radius 3 is 1.75 bits per heavy atom. The van der Waals surface area contributed by atoms with E-state index in [0.717, 1.165) is 0 Å². The van der Waals surface area contributed by atoms with Crippen molar-refractivity contribution in [3.8, 4) is 0 Å². The highest BCUT2D eigenvalue weighted by molar-refractivity contribution is 6.59. The van der Waals surface area contributed by atoms with Crippen molar-refractivity contribution in [1.82, 2.24) is 0 Å². The molecule has 0 nitrogen and oxygen atoms in total. The summed E-state index contributed by atoms with van der Waals surface area (Å²) in [5.41, 5.74) is 0. The van der Waals surface area contributed by atoms with Crippen LogP contribution < -0.4 is 0 Å². The van der Waals surface area contributed by atoms with Gasteiger partial charge in [-0.25, -0.2) is 4.39 Å². The van der Waals surface area contributed by atoms with E-state index < -0.39 is 15.8 Å². The van der Waals surface area contributed by atoms with Gasteiger partial charge >= 0.3 is 0 Å². The molecule has 0 spiro atoms. The van der Waals surface area contributed by atoms with E-state index in [4.69, 9.17) is 46.4 Å². The first-order chi connectivity index (χ1) is 3.50. The highest BCUT2D eigenvalue weighted by Crippen LogP contribution is 2.32. The van der Waals surface area contributed by atoms with Crippen LogP contribution >= 0.6 is 46.4 Å². The van der Waals surface area contributed by atoms with Crippen molar-refractivity contribution in [2.75, 3.05) is 6.67 Å². The normalized spacial score (nSPS) is 12.8. The van der Waals surface area contributed by atoms with Gasteiger partial charge in [0.25, 0.3) is 0 Å². The van der Waals surface area contributed by atoms with Gasteiger partial charge in [0.05, 0.1) is 0 Å². The molecule has 0 aromatic carbocycles. The van der Waals surface area contributed by atoms with E-state index in [9.17, 15) is 4.39 Å². The first-order valence-electron chi connectivity index (χ1n) is 1.72. The molecule has 0 radical (unpaired) electrons. The van der Waals surface area contributed by atoms with Crippen molar-refractivity contribution >= 4 is 46.4 Å². The predicted molar refractivity (Wildman–Crippen MR) is 35.9 cm³/mol. The van der Waals surface area contributed by atoms with Crippen LogP contribution in [0.3, 0.4) is 0 Å². The fourth-order valence-corrected chi connectivity index (χ4v) is 0.175. The van der Waals surface area contributed by atoms with Crippen molar-refractivity contribution in [3.63, 3.8) is 0 Å². The maximum Gasteiger partial charge on any atom is 0.176 e. The van der Waals surface area contributed by atoms with Crippen LogP contribution in [0.2, 0.25) is 0 Å². The summed E-state index contributed by atoms with van der Waals surface area (Å²) in [6, 6.07) is 0. The molecule has 0 bridgehead atoms. The first-order valence-corrected chi connectivity index (χ1v) is 3.35. The molecule has 0 amide bonds. The Bertz CT molecular complexity index is 71.7. The van der Waals surface area contributed by atoms with Gasteiger partial charge in [-0.05, 0) is 0 Å². The lowest BCUT2D eigenvalue weighted by atomic mass is 10.5. The monoisotopic (exact) mass is 198 g/mol. The van der Waals surface area contributed by atoms with Crippen LogP contribution in [-0.4, -0.2) is 15.8 Å². The van der Waals surface area contributed by atoms with Crippen LogP contribution in [0.5, 0.6) is 0 Å². The molecule has 0 fully saturated rings. The zero-order valence-corrected chi connectivity index (χ0v) is 6.70. The zero-order valence-electron chi connectivity index (χ0n) is 3.67. The molecule has 0 saturated carbocycles. The van der Waals surface area contributed by atoms with Gasteiger partial charge in [0.1, 0.15) is 11.5 Å². The molecule has 5 heteroatoms. The highest BCUT2D eigenvalue weighted by Gasteiger charge is 2.31. The molecule has 0 aromatic rings. The molecule has 0 saturated heterocycles. The second-order valence-corrected chi connectivity index (χ2v) is 3.83. The van der Waals surface area contributed by atoms with E-state index in [2.05, 4.69) is 0 Å². The third-order valence-electron chi connectivity index (χ3n) is 0.497. The molecular weight excluding hydrogens is 197 g/mol. The largest absolute Gasteiger partial charge is 0.248 e.